The maximum atomic E-state index is 13.4. The Hall–Kier alpha value is -3.28. The van der Waals surface area contributed by atoms with E-state index < -0.39 is 33.1 Å². The number of benzene rings is 2. The van der Waals surface area contributed by atoms with Crippen molar-refractivity contribution in [1.29, 1.82) is 0 Å². The Kier molecular flexibility index (Phi) is 8.73. The maximum absolute atomic E-state index is 13.4. The number of carbonyl (C=O) groups is 2. The van der Waals surface area contributed by atoms with Gasteiger partial charge >= 0.3 is 5.97 Å². The second-order valence-electron chi connectivity index (χ2n) is 9.18. The van der Waals surface area contributed by atoms with Crippen molar-refractivity contribution in [3.63, 3.8) is 0 Å². The van der Waals surface area contributed by atoms with Gasteiger partial charge in [-0.25, -0.2) is 17.9 Å². The fraction of sp³-hybridized carbons (Fsp3) is 0.346. The summed E-state index contributed by atoms with van der Waals surface area (Å²) >= 11 is 12.4. The minimum absolute atomic E-state index is 0.190. The Balaban J connectivity index is 1.59. The molecule has 2 heterocycles. The molecule has 0 radical (unpaired) electrons. The van der Waals surface area contributed by atoms with E-state index in [2.05, 4.69) is 4.72 Å². The van der Waals surface area contributed by atoms with Gasteiger partial charge in [-0.1, -0.05) is 54.2 Å². The summed E-state index contributed by atoms with van der Waals surface area (Å²) in [5, 5.41) is -0.546. The first-order chi connectivity index (χ1) is 18.5. The molecule has 1 aromatic heterocycles. The smallest absolute Gasteiger partial charge is 0.338 e. The number of esters is 1. The first-order valence-electron chi connectivity index (χ1n) is 12.3. The van der Waals surface area contributed by atoms with E-state index in [1.807, 2.05) is 0 Å². The lowest BCUT2D eigenvalue weighted by atomic mass is 10.2. The predicted molar refractivity (Wildman–Crippen MR) is 148 cm³/mol. The molecule has 39 heavy (non-hydrogen) atoms. The normalized spacial score (nSPS) is 14.1. The molecule has 0 atom stereocenters. The summed E-state index contributed by atoms with van der Waals surface area (Å²) in [7, 11) is -2.86. The largest absolute Gasteiger partial charge is 0.452 e. The SMILES string of the molecule is Cc1c(NS(=O)(=O)c2cc(C(=O)OCC(=O)N3CCCCCC3)cc(Cl)c2Cl)c(=O)n(-c2ccccc2)n1C. The highest BCUT2D eigenvalue weighted by Gasteiger charge is 2.27. The van der Waals surface area contributed by atoms with Crippen LogP contribution in [0.15, 0.2) is 52.2 Å². The number of hydrogen-bond donors (Lipinski definition) is 1. The first-order valence-corrected chi connectivity index (χ1v) is 14.6. The zero-order chi connectivity index (χ0) is 28.3. The molecule has 13 heteroatoms. The zero-order valence-corrected chi connectivity index (χ0v) is 23.8. The van der Waals surface area contributed by atoms with Crippen LogP contribution in [0.1, 0.15) is 41.7 Å². The summed E-state index contributed by atoms with van der Waals surface area (Å²) in [6.07, 6.45) is 3.86. The summed E-state index contributed by atoms with van der Waals surface area (Å²) in [5.41, 5.74) is -0.115. The molecule has 1 aliphatic rings. The van der Waals surface area contributed by atoms with Crippen LogP contribution in [0.5, 0.6) is 0 Å². The summed E-state index contributed by atoms with van der Waals surface area (Å²) in [6.45, 7) is 2.30. The van der Waals surface area contributed by atoms with Crippen molar-refractivity contribution in [3.05, 3.63) is 74.1 Å². The highest BCUT2D eigenvalue weighted by atomic mass is 35.5. The second kappa shape index (κ2) is 11.8. The third kappa shape index (κ3) is 6.15. The minimum Gasteiger partial charge on any atom is -0.452 e. The number of hydrogen-bond acceptors (Lipinski definition) is 6. The van der Waals surface area contributed by atoms with Gasteiger partial charge in [0, 0.05) is 20.1 Å². The number of aromatic nitrogens is 2. The van der Waals surface area contributed by atoms with Crippen molar-refractivity contribution in [1.82, 2.24) is 14.3 Å². The summed E-state index contributed by atoms with van der Waals surface area (Å²) < 4.78 is 37.1. The van der Waals surface area contributed by atoms with Gasteiger partial charge in [0.25, 0.3) is 21.5 Å². The molecule has 10 nitrogen and oxygen atoms in total. The van der Waals surface area contributed by atoms with Gasteiger partial charge in [0.05, 0.1) is 27.0 Å². The molecule has 208 valence electrons. The fourth-order valence-electron chi connectivity index (χ4n) is 4.37. The minimum atomic E-state index is -4.48. The number of sulfonamides is 1. The highest BCUT2D eigenvalue weighted by molar-refractivity contribution is 7.92. The van der Waals surface area contributed by atoms with E-state index >= 15 is 0 Å². The van der Waals surface area contributed by atoms with Crippen molar-refractivity contribution in [2.75, 3.05) is 24.4 Å². The number of ether oxygens (including phenoxy) is 1. The Morgan fingerprint density at radius 3 is 2.31 bits per heavy atom. The third-order valence-corrected chi connectivity index (χ3v) is 8.88. The fourth-order valence-corrected chi connectivity index (χ4v) is 6.31. The molecule has 1 saturated heterocycles. The molecule has 1 N–H and O–H groups in total. The summed E-state index contributed by atoms with van der Waals surface area (Å²) in [6, 6.07) is 10.9. The average Bonchev–Trinajstić information content (AvgIpc) is 3.11. The Bertz CT molecular complexity index is 1560. The molecule has 0 unspecified atom stereocenters. The molecule has 1 fully saturated rings. The number of likely N-dealkylation sites (tertiary alicyclic amines) is 1. The Labute approximate surface area is 236 Å². The highest BCUT2D eigenvalue weighted by Crippen LogP contribution is 2.32. The van der Waals surface area contributed by atoms with Gasteiger partial charge in [-0.15, -0.1) is 0 Å². The molecule has 0 saturated carbocycles. The number of carbonyl (C=O) groups excluding carboxylic acids is 2. The van der Waals surface area contributed by atoms with Crippen LogP contribution in [0.2, 0.25) is 10.0 Å². The molecule has 0 bridgehead atoms. The molecular weight excluding hydrogens is 567 g/mol. The van der Waals surface area contributed by atoms with Gasteiger partial charge in [0.15, 0.2) is 6.61 Å². The number of nitrogens with zero attached hydrogens (tertiary/aromatic N) is 3. The number of halogens is 2. The Morgan fingerprint density at radius 2 is 1.67 bits per heavy atom. The van der Waals surface area contributed by atoms with Crippen molar-refractivity contribution < 1.29 is 22.7 Å². The van der Waals surface area contributed by atoms with E-state index in [1.54, 1.807) is 49.2 Å². The average molecular weight is 596 g/mol. The molecule has 1 amide bonds. The van der Waals surface area contributed by atoms with Crippen LogP contribution in [0.4, 0.5) is 5.69 Å². The van der Waals surface area contributed by atoms with E-state index in [1.165, 1.54) is 9.36 Å². The van der Waals surface area contributed by atoms with Crippen LogP contribution in [0.25, 0.3) is 5.69 Å². The van der Waals surface area contributed by atoms with Gasteiger partial charge < -0.3 is 9.64 Å². The van der Waals surface area contributed by atoms with Crippen molar-refractivity contribution in [2.45, 2.75) is 37.5 Å². The van der Waals surface area contributed by atoms with Gasteiger partial charge in [-0.2, -0.15) is 0 Å². The van der Waals surface area contributed by atoms with Crippen LogP contribution in [-0.2, 0) is 26.6 Å². The number of rotatable bonds is 7. The quantitative estimate of drug-likeness (QED) is 0.410. The van der Waals surface area contributed by atoms with Gasteiger partial charge in [0.1, 0.15) is 10.6 Å². The monoisotopic (exact) mass is 594 g/mol. The van der Waals surface area contributed by atoms with E-state index in [0.29, 0.717) is 24.5 Å². The lowest BCUT2D eigenvalue weighted by Gasteiger charge is -2.20. The van der Waals surface area contributed by atoms with Gasteiger partial charge in [-0.05, 0) is 44.0 Å². The van der Waals surface area contributed by atoms with E-state index in [4.69, 9.17) is 27.9 Å². The summed E-state index contributed by atoms with van der Waals surface area (Å²) in [4.78, 5) is 39.6. The molecule has 4 rings (SSSR count). The van der Waals surface area contributed by atoms with Crippen molar-refractivity contribution in [3.8, 4) is 5.69 Å². The molecular formula is C26H28Cl2N4O6S. The van der Waals surface area contributed by atoms with E-state index in [-0.39, 0.29) is 27.2 Å². The molecule has 0 spiro atoms. The van der Waals surface area contributed by atoms with Crippen LogP contribution < -0.4 is 10.3 Å². The lowest BCUT2D eigenvalue weighted by Crippen LogP contribution is -2.35. The van der Waals surface area contributed by atoms with Crippen molar-refractivity contribution >= 4 is 50.8 Å². The maximum Gasteiger partial charge on any atom is 0.338 e. The van der Waals surface area contributed by atoms with Gasteiger partial charge in [0.2, 0.25) is 0 Å². The number of amides is 1. The molecule has 2 aromatic carbocycles. The van der Waals surface area contributed by atoms with Crippen LogP contribution in [0.3, 0.4) is 0 Å². The lowest BCUT2D eigenvalue weighted by molar-refractivity contribution is -0.134. The van der Waals surface area contributed by atoms with Crippen molar-refractivity contribution in [2.24, 2.45) is 7.05 Å². The molecule has 3 aromatic rings. The second-order valence-corrected chi connectivity index (χ2v) is 11.6. The first kappa shape index (κ1) is 28.7. The molecule has 1 aliphatic heterocycles. The Morgan fingerprint density at radius 1 is 1.03 bits per heavy atom. The van der Waals surface area contributed by atoms with E-state index in [0.717, 1.165) is 37.8 Å². The number of para-hydroxylation sites is 1. The predicted octanol–water partition coefficient (Wildman–Crippen LogP) is 4.15. The third-order valence-electron chi connectivity index (χ3n) is 6.60. The number of nitrogens with one attached hydrogen (secondary N) is 1. The number of anilines is 1. The summed E-state index contributed by atoms with van der Waals surface area (Å²) in [5.74, 6) is -1.26. The topological polar surface area (TPSA) is 120 Å². The van der Waals surface area contributed by atoms with Crippen LogP contribution >= 0.6 is 23.2 Å². The van der Waals surface area contributed by atoms with E-state index in [9.17, 15) is 22.8 Å². The zero-order valence-electron chi connectivity index (χ0n) is 21.4. The van der Waals surface area contributed by atoms with Crippen LogP contribution in [0, 0.1) is 6.92 Å². The van der Waals surface area contributed by atoms with Gasteiger partial charge in [-0.3, -0.25) is 19.0 Å². The standard InChI is InChI=1S/C26H28Cl2N4O6S/c1-17-24(25(34)32(30(17)2)19-10-6-5-7-11-19)29-39(36,37)21-15-18(14-20(27)23(21)28)26(35)38-16-22(33)31-12-8-3-4-9-13-31/h5-7,10-11,14-15,29H,3-4,8-9,12-13,16H2,1-2H3. The molecule has 0 aliphatic carbocycles. The van der Waals surface area contributed by atoms with Crippen LogP contribution in [-0.4, -0.2) is 54.3 Å².